The van der Waals surface area contributed by atoms with Crippen LogP contribution in [0.2, 0.25) is 0 Å². The van der Waals surface area contributed by atoms with Gasteiger partial charge in [0.15, 0.2) is 0 Å². The highest BCUT2D eigenvalue weighted by Crippen LogP contribution is 2.31. The number of hydrogen-bond donors (Lipinski definition) is 1. The Kier molecular flexibility index (Phi) is 6.29. The number of halogens is 1. The molecule has 9 heteroatoms. The lowest BCUT2D eigenvalue weighted by molar-refractivity contribution is -0.386. The van der Waals surface area contributed by atoms with Crippen LogP contribution in [0.3, 0.4) is 0 Å². The van der Waals surface area contributed by atoms with Gasteiger partial charge < -0.3 is 14.8 Å². The van der Waals surface area contributed by atoms with Crippen LogP contribution >= 0.6 is 15.9 Å². The van der Waals surface area contributed by atoms with Crippen molar-refractivity contribution < 1.29 is 19.2 Å². The molecule has 0 saturated heterocycles. The van der Waals surface area contributed by atoms with Crippen LogP contribution in [0.5, 0.6) is 11.6 Å². The van der Waals surface area contributed by atoms with Crippen LogP contribution in [0, 0.1) is 10.1 Å². The SMILES string of the molecule is CCOC(=O)C(C)Nc1ccc(Oc2ncc(Br)cc2[N+](=O)[O-])cc1. The second-order valence-electron chi connectivity index (χ2n) is 4.98. The number of hydrogen-bond acceptors (Lipinski definition) is 7. The minimum Gasteiger partial charge on any atom is -0.464 e. The smallest absolute Gasteiger partial charge is 0.332 e. The Morgan fingerprint density at radius 1 is 1.40 bits per heavy atom. The summed E-state index contributed by atoms with van der Waals surface area (Å²) in [4.78, 5) is 26.0. The normalized spacial score (nSPS) is 11.5. The third-order valence-electron chi connectivity index (χ3n) is 3.09. The van der Waals surface area contributed by atoms with Crippen molar-refractivity contribution in [2.75, 3.05) is 11.9 Å². The van der Waals surface area contributed by atoms with Gasteiger partial charge in [0.25, 0.3) is 5.88 Å². The monoisotopic (exact) mass is 409 g/mol. The number of carbonyl (C=O) groups excluding carboxylic acids is 1. The summed E-state index contributed by atoms with van der Waals surface area (Å²) >= 11 is 3.14. The Morgan fingerprint density at radius 2 is 2.08 bits per heavy atom. The third-order valence-corrected chi connectivity index (χ3v) is 3.52. The van der Waals surface area contributed by atoms with Crippen molar-refractivity contribution in [1.82, 2.24) is 4.98 Å². The highest BCUT2D eigenvalue weighted by atomic mass is 79.9. The molecule has 1 N–H and O–H groups in total. The van der Waals surface area contributed by atoms with E-state index in [0.29, 0.717) is 22.5 Å². The summed E-state index contributed by atoms with van der Waals surface area (Å²) in [6, 6.07) is 7.44. The minimum atomic E-state index is -0.565. The van der Waals surface area contributed by atoms with E-state index < -0.39 is 11.0 Å². The minimum absolute atomic E-state index is 0.103. The maximum absolute atomic E-state index is 11.6. The standard InChI is InChI=1S/C16H16BrN3O5/c1-3-24-16(21)10(2)19-12-4-6-13(7-5-12)25-15-14(20(22)23)8-11(17)9-18-15/h4-10,19H,3H2,1-2H3. The quantitative estimate of drug-likeness (QED) is 0.419. The zero-order chi connectivity index (χ0) is 18.4. The lowest BCUT2D eigenvalue weighted by Gasteiger charge is -2.14. The molecule has 0 spiro atoms. The Labute approximate surface area is 152 Å². The molecular weight excluding hydrogens is 394 g/mol. The fourth-order valence-corrected chi connectivity index (χ4v) is 2.25. The fourth-order valence-electron chi connectivity index (χ4n) is 1.93. The van der Waals surface area contributed by atoms with Gasteiger partial charge in [-0.1, -0.05) is 0 Å². The van der Waals surface area contributed by atoms with Gasteiger partial charge in [0.05, 0.1) is 11.5 Å². The van der Waals surface area contributed by atoms with Crippen LogP contribution in [0.15, 0.2) is 41.0 Å². The van der Waals surface area contributed by atoms with Gasteiger partial charge in [-0.3, -0.25) is 10.1 Å². The van der Waals surface area contributed by atoms with E-state index in [-0.39, 0.29) is 17.5 Å². The van der Waals surface area contributed by atoms with Crippen molar-refractivity contribution in [2.24, 2.45) is 0 Å². The molecular formula is C16H16BrN3O5. The summed E-state index contributed by atoms with van der Waals surface area (Å²) < 4.78 is 10.9. The molecule has 0 aliphatic heterocycles. The average Bonchev–Trinajstić information content (AvgIpc) is 2.58. The molecule has 2 rings (SSSR count). The summed E-state index contributed by atoms with van der Waals surface area (Å²) in [6.45, 7) is 3.75. The maximum atomic E-state index is 11.6. The molecule has 0 radical (unpaired) electrons. The van der Waals surface area contributed by atoms with Gasteiger partial charge in [-0.15, -0.1) is 0 Å². The van der Waals surface area contributed by atoms with Crippen LogP contribution < -0.4 is 10.1 Å². The highest BCUT2D eigenvalue weighted by Gasteiger charge is 2.18. The van der Waals surface area contributed by atoms with Crippen molar-refractivity contribution in [3.63, 3.8) is 0 Å². The van der Waals surface area contributed by atoms with Crippen LogP contribution in [0.25, 0.3) is 0 Å². The Balaban J connectivity index is 2.08. The van der Waals surface area contributed by atoms with Crippen molar-refractivity contribution in [2.45, 2.75) is 19.9 Å². The number of aromatic nitrogens is 1. The molecule has 1 unspecified atom stereocenters. The number of benzene rings is 1. The molecule has 1 aromatic carbocycles. The molecule has 25 heavy (non-hydrogen) atoms. The predicted octanol–water partition coefficient (Wildman–Crippen LogP) is 3.91. The Morgan fingerprint density at radius 3 is 2.68 bits per heavy atom. The second kappa shape index (κ2) is 8.43. The van der Waals surface area contributed by atoms with Crippen LogP contribution in [0.4, 0.5) is 11.4 Å². The van der Waals surface area contributed by atoms with Gasteiger partial charge >= 0.3 is 11.7 Å². The van der Waals surface area contributed by atoms with Gasteiger partial charge in [-0.2, -0.15) is 0 Å². The molecule has 132 valence electrons. The first-order chi connectivity index (χ1) is 11.9. The summed E-state index contributed by atoms with van der Waals surface area (Å²) in [5.41, 5.74) is 0.443. The summed E-state index contributed by atoms with van der Waals surface area (Å²) in [7, 11) is 0. The van der Waals surface area contributed by atoms with Crippen LogP contribution in [-0.4, -0.2) is 28.5 Å². The van der Waals surface area contributed by atoms with E-state index in [9.17, 15) is 14.9 Å². The summed E-state index contributed by atoms with van der Waals surface area (Å²) in [6.07, 6.45) is 1.42. The topological polar surface area (TPSA) is 104 Å². The van der Waals surface area contributed by atoms with E-state index in [1.807, 2.05) is 0 Å². The van der Waals surface area contributed by atoms with E-state index in [4.69, 9.17) is 9.47 Å². The Hall–Kier alpha value is -2.68. The molecule has 1 atom stereocenters. The largest absolute Gasteiger partial charge is 0.464 e. The maximum Gasteiger partial charge on any atom is 0.332 e. The van der Waals surface area contributed by atoms with E-state index in [1.54, 1.807) is 38.1 Å². The number of nitrogens with one attached hydrogen (secondary N) is 1. The number of pyridine rings is 1. The van der Waals surface area contributed by atoms with Crippen LogP contribution in [-0.2, 0) is 9.53 Å². The summed E-state index contributed by atoms with van der Waals surface area (Å²) in [5.74, 6) is -0.0708. The Bertz CT molecular complexity index is 767. The van der Waals surface area contributed by atoms with Gasteiger partial charge in [-0.05, 0) is 54.0 Å². The molecule has 0 saturated carbocycles. The molecule has 1 aromatic heterocycles. The fraction of sp³-hybridized carbons (Fsp3) is 0.250. The first-order valence-electron chi connectivity index (χ1n) is 7.41. The van der Waals surface area contributed by atoms with Crippen molar-refractivity contribution >= 4 is 33.3 Å². The van der Waals surface area contributed by atoms with E-state index in [0.717, 1.165) is 0 Å². The second-order valence-corrected chi connectivity index (χ2v) is 5.90. The zero-order valence-electron chi connectivity index (χ0n) is 13.6. The number of ether oxygens (including phenoxy) is 2. The van der Waals surface area contributed by atoms with Gasteiger partial charge in [0.2, 0.25) is 0 Å². The third kappa shape index (κ3) is 5.15. The number of nitro groups is 1. The van der Waals surface area contributed by atoms with Gasteiger partial charge in [0.1, 0.15) is 11.8 Å². The highest BCUT2D eigenvalue weighted by molar-refractivity contribution is 9.10. The van der Waals surface area contributed by atoms with Gasteiger partial charge in [0, 0.05) is 22.4 Å². The molecule has 0 bridgehead atoms. The number of anilines is 1. The number of rotatable bonds is 7. The molecule has 8 nitrogen and oxygen atoms in total. The number of carbonyl (C=O) groups is 1. The van der Waals surface area contributed by atoms with Gasteiger partial charge in [-0.25, -0.2) is 9.78 Å². The molecule has 0 aliphatic rings. The predicted molar refractivity (Wildman–Crippen MR) is 94.8 cm³/mol. The van der Waals surface area contributed by atoms with E-state index in [2.05, 4.69) is 26.2 Å². The van der Waals surface area contributed by atoms with Crippen molar-refractivity contribution in [1.29, 1.82) is 0 Å². The molecule has 0 fully saturated rings. The van der Waals surface area contributed by atoms with Crippen molar-refractivity contribution in [3.8, 4) is 11.6 Å². The van der Waals surface area contributed by atoms with Crippen LogP contribution in [0.1, 0.15) is 13.8 Å². The molecule has 0 amide bonds. The molecule has 2 aromatic rings. The first-order valence-corrected chi connectivity index (χ1v) is 8.21. The summed E-state index contributed by atoms with van der Waals surface area (Å²) in [5, 5.41) is 14.1. The van der Waals surface area contributed by atoms with E-state index in [1.165, 1.54) is 12.3 Å². The van der Waals surface area contributed by atoms with Crippen molar-refractivity contribution in [3.05, 3.63) is 51.1 Å². The molecule has 0 aliphatic carbocycles. The lowest BCUT2D eigenvalue weighted by Crippen LogP contribution is -2.28. The number of esters is 1. The van der Waals surface area contributed by atoms with E-state index >= 15 is 0 Å². The lowest BCUT2D eigenvalue weighted by atomic mass is 10.2. The zero-order valence-corrected chi connectivity index (χ0v) is 15.1. The number of nitrogens with zero attached hydrogens (tertiary/aromatic N) is 2. The first kappa shape index (κ1) is 18.7. The molecule has 1 heterocycles. The average molecular weight is 410 g/mol.